The molecule has 0 radical (unpaired) electrons. The van der Waals surface area contributed by atoms with E-state index < -0.39 is 0 Å². The molecular weight excluding hydrogens is 344 g/mol. The molecule has 0 spiro atoms. The number of hydrogen-bond acceptors (Lipinski definition) is 4. The summed E-state index contributed by atoms with van der Waals surface area (Å²) in [6.07, 6.45) is 0. The predicted molar refractivity (Wildman–Crippen MR) is 63.8 cm³/mol. The highest BCUT2D eigenvalue weighted by atomic mass is 79.9. The number of halogens is 2. The van der Waals surface area contributed by atoms with Crippen LogP contribution in [0.1, 0.15) is 5.56 Å². The molecule has 4 nitrogen and oxygen atoms in total. The Bertz CT molecular complexity index is 581. The third-order valence-corrected chi connectivity index (χ3v) is 3.84. The SMILES string of the molecule is [C-]#[N+]c1c(C#N)c(Br)c2nsnc2c1Br. The highest BCUT2D eigenvalue weighted by Crippen LogP contribution is 2.41. The predicted octanol–water partition coefficient (Wildman–Crippen LogP) is 3.64. The summed E-state index contributed by atoms with van der Waals surface area (Å²) in [5.41, 5.74) is 1.77. The minimum atomic E-state index is 0.268. The summed E-state index contributed by atoms with van der Waals surface area (Å²) in [6.45, 7) is 7.03. The summed E-state index contributed by atoms with van der Waals surface area (Å²) in [6, 6.07) is 1.98. The molecule has 0 atom stereocenters. The number of nitriles is 1. The number of benzene rings is 1. The van der Waals surface area contributed by atoms with Gasteiger partial charge < -0.3 is 0 Å². The molecule has 7 heteroatoms. The second-order valence-corrected chi connectivity index (χ2v) is 4.65. The van der Waals surface area contributed by atoms with E-state index in [1.807, 2.05) is 6.07 Å². The molecule has 2 rings (SSSR count). The van der Waals surface area contributed by atoms with E-state index in [9.17, 15) is 0 Å². The van der Waals surface area contributed by atoms with Gasteiger partial charge in [-0.2, -0.15) is 14.0 Å². The Hall–Kier alpha value is -1.02. The first-order chi connectivity index (χ1) is 7.20. The van der Waals surface area contributed by atoms with Crippen LogP contribution in [0.25, 0.3) is 15.9 Å². The average Bonchev–Trinajstić information content (AvgIpc) is 2.72. The number of fused-ring (bicyclic) bond motifs is 1. The molecule has 0 aliphatic heterocycles. The van der Waals surface area contributed by atoms with Crippen LogP contribution < -0.4 is 0 Å². The lowest BCUT2D eigenvalue weighted by molar-refractivity contribution is 1.47. The van der Waals surface area contributed by atoms with Gasteiger partial charge in [0.1, 0.15) is 11.0 Å². The molecule has 2 aromatic rings. The second kappa shape index (κ2) is 3.86. The zero-order valence-electron chi connectivity index (χ0n) is 6.95. The van der Waals surface area contributed by atoms with Crippen molar-refractivity contribution in [1.29, 1.82) is 5.26 Å². The van der Waals surface area contributed by atoms with Crippen LogP contribution in [0.4, 0.5) is 5.69 Å². The lowest BCUT2D eigenvalue weighted by Gasteiger charge is -2.01. The summed E-state index contributed by atoms with van der Waals surface area (Å²) in [7, 11) is 0. The van der Waals surface area contributed by atoms with Gasteiger partial charge in [-0.1, -0.05) is 15.9 Å². The van der Waals surface area contributed by atoms with Crippen molar-refractivity contribution in [3.63, 3.8) is 0 Å². The first-order valence-electron chi connectivity index (χ1n) is 3.61. The summed E-state index contributed by atoms with van der Waals surface area (Å²) < 4.78 is 9.19. The molecular formula is C8Br2N4S. The monoisotopic (exact) mass is 342 g/mol. The number of rotatable bonds is 0. The minimum Gasteiger partial charge on any atom is -0.235 e. The molecule has 0 fully saturated rings. The second-order valence-electron chi connectivity index (χ2n) is 2.54. The maximum atomic E-state index is 8.96. The molecule has 0 aliphatic rings. The molecule has 0 saturated carbocycles. The van der Waals surface area contributed by atoms with Crippen LogP contribution in [0.5, 0.6) is 0 Å². The highest BCUT2D eigenvalue weighted by Gasteiger charge is 2.19. The lowest BCUT2D eigenvalue weighted by Crippen LogP contribution is -1.84. The van der Waals surface area contributed by atoms with Crippen molar-refractivity contribution < 1.29 is 0 Å². The van der Waals surface area contributed by atoms with Gasteiger partial charge in [0, 0.05) is 0 Å². The first-order valence-corrected chi connectivity index (χ1v) is 5.93. The largest absolute Gasteiger partial charge is 0.235 e. The van der Waals surface area contributed by atoms with E-state index in [4.69, 9.17) is 11.8 Å². The van der Waals surface area contributed by atoms with Gasteiger partial charge >= 0.3 is 0 Å². The minimum absolute atomic E-state index is 0.268. The van der Waals surface area contributed by atoms with Crippen molar-refractivity contribution in [2.45, 2.75) is 0 Å². The fraction of sp³-hybridized carbons (Fsp3) is 0. The Balaban J connectivity index is 3.07. The van der Waals surface area contributed by atoms with Crippen LogP contribution in [0, 0.1) is 17.9 Å². The maximum Gasteiger partial charge on any atom is 0.221 e. The maximum absolute atomic E-state index is 8.96. The van der Waals surface area contributed by atoms with Crippen molar-refractivity contribution in [2.24, 2.45) is 0 Å². The van der Waals surface area contributed by atoms with E-state index in [-0.39, 0.29) is 11.3 Å². The third kappa shape index (κ3) is 1.44. The van der Waals surface area contributed by atoms with Crippen molar-refractivity contribution >= 4 is 60.3 Å². The number of aromatic nitrogens is 2. The van der Waals surface area contributed by atoms with Crippen LogP contribution in [0.2, 0.25) is 0 Å². The fourth-order valence-electron chi connectivity index (χ4n) is 1.13. The van der Waals surface area contributed by atoms with Crippen molar-refractivity contribution in [3.8, 4) is 6.07 Å². The van der Waals surface area contributed by atoms with Crippen LogP contribution in [0.15, 0.2) is 8.95 Å². The van der Waals surface area contributed by atoms with Gasteiger partial charge in [0.2, 0.25) is 5.69 Å². The quantitative estimate of drug-likeness (QED) is 0.686. The van der Waals surface area contributed by atoms with Gasteiger partial charge in [-0.15, -0.1) is 0 Å². The van der Waals surface area contributed by atoms with Crippen molar-refractivity contribution in [3.05, 3.63) is 25.9 Å². The molecule has 0 unspecified atom stereocenters. The van der Waals surface area contributed by atoms with Crippen LogP contribution in [-0.4, -0.2) is 8.75 Å². The molecule has 1 aromatic heterocycles. The molecule has 0 N–H and O–H groups in total. The Kier molecular flexibility index (Phi) is 2.70. The standard InChI is InChI=1S/C8Br2N4S/c1-12-6-3(2-11)4(9)7-8(5(6)10)14-15-13-7. The normalized spacial score (nSPS) is 9.87. The van der Waals surface area contributed by atoms with Crippen LogP contribution in [0.3, 0.4) is 0 Å². The summed E-state index contributed by atoms with van der Waals surface area (Å²) in [5.74, 6) is 0. The first kappa shape index (κ1) is 10.5. The van der Waals surface area contributed by atoms with Crippen molar-refractivity contribution in [1.82, 2.24) is 8.75 Å². The Labute approximate surface area is 106 Å². The molecule has 72 valence electrons. The zero-order chi connectivity index (χ0) is 11.0. The van der Waals surface area contributed by atoms with Crippen LogP contribution >= 0.6 is 43.6 Å². The molecule has 1 heterocycles. The Morgan fingerprint density at radius 3 is 2.40 bits per heavy atom. The number of hydrogen-bond donors (Lipinski definition) is 0. The molecule has 15 heavy (non-hydrogen) atoms. The van der Waals surface area contributed by atoms with E-state index >= 15 is 0 Å². The molecule has 0 aliphatic carbocycles. The average molecular weight is 344 g/mol. The van der Waals surface area contributed by atoms with Crippen LogP contribution in [-0.2, 0) is 0 Å². The van der Waals surface area contributed by atoms with Gasteiger partial charge in [0.25, 0.3) is 0 Å². The zero-order valence-corrected chi connectivity index (χ0v) is 10.9. The van der Waals surface area contributed by atoms with E-state index in [1.54, 1.807) is 0 Å². The Morgan fingerprint density at radius 2 is 1.87 bits per heavy atom. The third-order valence-electron chi connectivity index (χ3n) is 1.79. The highest BCUT2D eigenvalue weighted by molar-refractivity contribution is 9.11. The smallest absolute Gasteiger partial charge is 0.221 e. The summed E-state index contributed by atoms with van der Waals surface area (Å²) >= 11 is 7.58. The lowest BCUT2D eigenvalue weighted by atomic mass is 10.2. The van der Waals surface area contributed by atoms with Gasteiger partial charge in [-0.3, -0.25) is 0 Å². The van der Waals surface area contributed by atoms with Gasteiger partial charge in [-0.25, -0.2) is 4.85 Å². The van der Waals surface area contributed by atoms with E-state index in [0.29, 0.717) is 20.0 Å². The van der Waals surface area contributed by atoms with Gasteiger partial charge in [0.15, 0.2) is 0 Å². The molecule has 0 bridgehead atoms. The Morgan fingerprint density at radius 1 is 1.27 bits per heavy atom. The number of nitrogens with zero attached hydrogens (tertiary/aromatic N) is 4. The summed E-state index contributed by atoms with van der Waals surface area (Å²) in [4.78, 5) is 3.32. The van der Waals surface area contributed by atoms with E-state index in [0.717, 1.165) is 11.7 Å². The fourth-order valence-corrected chi connectivity index (χ4v) is 3.04. The van der Waals surface area contributed by atoms with Crippen molar-refractivity contribution in [2.75, 3.05) is 0 Å². The summed E-state index contributed by atoms with van der Waals surface area (Å²) in [5, 5.41) is 8.96. The molecule has 0 amide bonds. The molecule has 0 saturated heterocycles. The van der Waals surface area contributed by atoms with E-state index in [2.05, 4.69) is 45.5 Å². The topological polar surface area (TPSA) is 53.9 Å². The molecule has 1 aromatic carbocycles. The van der Waals surface area contributed by atoms with E-state index in [1.165, 1.54) is 0 Å². The van der Waals surface area contributed by atoms with Gasteiger partial charge in [-0.05, 0) is 15.9 Å². The van der Waals surface area contributed by atoms with Gasteiger partial charge in [0.05, 0.1) is 38.9 Å².